The first-order chi connectivity index (χ1) is 13.8. The Morgan fingerprint density at radius 1 is 1.14 bits per heavy atom. The van der Waals surface area contributed by atoms with E-state index in [1.54, 1.807) is 4.90 Å². The number of amides is 1. The molecule has 158 valence electrons. The van der Waals surface area contributed by atoms with Crippen LogP contribution in [-0.4, -0.2) is 38.2 Å². The number of alkyl halides is 3. The Labute approximate surface area is 166 Å². The molecule has 1 aliphatic rings. The average molecular weight is 410 g/mol. The standard InChI is InChI=1S/C20H25F3N4O2/c1-25-18(20(21,22)23)24-27(19(25)29)16-11-13-26(14-12-16)17(28)10-6-5-9-15-7-3-2-4-8-15/h2-4,7-8,16H,5-6,9-14H2,1H3. The monoisotopic (exact) mass is 410 g/mol. The number of carbonyl (C=O) groups is 1. The summed E-state index contributed by atoms with van der Waals surface area (Å²) in [7, 11) is 1.07. The van der Waals surface area contributed by atoms with Crippen LogP contribution in [0.15, 0.2) is 35.1 Å². The summed E-state index contributed by atoms with van der Waals surface area (Å²) in [4.78, 5) is 26.3. The van der Waals surface area contributed by atoms with Crippen molar-refractivity contribution in [3.63, 3.8) is 0 Å². The Balaban J connectivity index is 1.48. The van der Waals surface area contributed by atoms with Crippen LogP contribution in [0.25, 0.3) is 0 Å². The SMILES string of the molecule is Cn1c(C(F)(F)F)nn(C2CCN(C(=O)CCCCc3ccccc3)CC2)c1=O. The maximum absolute atomic E-state index is 12.9. The van der Waals surface area contributed by atoms with Crippen LogP contribution < -0.4 is 5.69 Å². The fraction of sp³-hybridized carbons (Fsp3) is 0.550. The molecule has 2 aromatic rings. The van der Waals surface area contributed by atoms with Gasteiger partial charge in [0, 0.05) is 26.6 Å². The van der Waals surface area contributed by atoms with Gasteiger partial charge < -0.3 is 4.90 Å². The smallest absolute Gasteiger partial charge is 0.343 e. The molecule has 2 heterocycles. The zero-order valence-corrected chi connectivity index (χ0v) is 16.4. The van der Waals surface area contributed by atoms with Crippen molar-refractivity contribution < 1.29 is 18.0 Å². The summed E-state index contributed by atoms with van der Waals surface area (Å²) in [5.74, 6) is -1.14. The highest BCUT2D eigenvalue weighted by Crippen LogP contribution is 2.28. The third-order valence-electron chi connectivity index (χ3n) is 5.37. The van der Waals surface area contributed by atoms with Crippen LogP contribution >= 0.6 is 0 Å². The van der Waals surface area contributed by atoms with Crippen molar-refractivity contribution in [2.24, 2.45) is 7.05 Å². The summed E-state index contributed by atoms with van der Waals surface area (Å²) in [5.41, 5.74) is 0.475. The molecule has 1 aromatic heterocycles. The van der Waals surface area contributed by atoms with Crippen LogP contribution in [-0.2, 0) is 24.4 Å². The third kappa shape index (κ3) is 5.07. The molecule has 1 fully saturated rings. The van der Waals surface area contributed by atoms with E-state index >= 15 is 0 Å². The summed E-state index contributed by atoms with van der Waals surface area (Å²) < 4.78 is 40.3. The molecule has 0 aliphatic carbocycles. The number of hydrogen-bond acceptors (Lipinski definition) is 3. The first-order valence-electron chi connectivity index (χ1n) is 9.82. The molecule has 1 amide bonds. The van der Waals surface area contributed by atoms with Crippen molar-refractivity contribution in [3.8, 4) is 0 Å². The van der Waals surface area contributed by atoms with Gasteiger partial charge in [0.2, 0.25) is 11.7 Å². The molecule has 6 nitrogen and oxygen atoms in total. The van der Waals surface area contributed by atoms with E-state index in [0.29, 0.717) is 36.9 Å². The van der Waals surface area contributed by atoms with Gasteiger partial charge in [-0.25, -0.2) is 9.48 Å². The van der Waals surface area contributed by atoms with Crippen LogP contribution in [0.5, 0.6) is 0 Å². The minimum atomic E-state index is -4.67. The number of piperidine rings is 1. The second-order valence-electron chi connectivity index (χ2n) is 7.41. The van der Waals surface area contributed by atoms with E-state index in [0.717, 1.165) is 31.0 Å². The van der Waals surface area contributed by atoms with Gasteiger partial charge in [-0.05, 0) is 37.7 Å². The summed E-state index contributed by atoms with van der Waals surface area (Å²) in [6, 6.07) is 9.67. The molecule has 3 rings (SSSR count). The first kappa shape index (κ1) is 21.1. The first-order valence-corrected chi connectivity index (χ1v) is 9.82. The average Bonchev–Trinajstić information content (AvgIpc) is 3.01. The lowest BCUT2D eigenvalue weighted by atomic mass is 10.0. The Kier molecular flexibility index (Phi) is 6.44. The Bertz CT molecular complexity index is 881. The van der Waals surface area contributed by atoms with E-state index in [-0.39, 0.29) is 5.91 Å². The van der Waals surface area contributed by atoms with E-state index in [1.165, 1.54) is 5.56 Å². The van der Waals surface area contributed by atoms with Crippen molar-refractivity contribution in [2.75, 3.05) is 13.1 Å². The predicted octanol–water partition coefficient (Wildman–Crippen LogP) is 3.18. The normalized spacial score (nSPS) is 15.7. The Hall–Kier alpha value is -2.58. The number of nitrogens with zero attached hydrogens (tertiary/aromatic N) is 4. The molecule has 0 saturated carbocycles. The molecule has 0 spiro atoms. The fourth-order valence-corrected chi connectivity index (χ4v) is 3.71. The third-order valence-corrected chi connectivity index (χ3v) is 5.37. The molecule has 0 N–H and O–H groups in total. The topological polar surface area (TPSA) is 60.1 Å². The van der Waals surface area contributed by atoms with Gasteiger partial charge in [-0.3, -0.25) is 9.36 Å². The van der Waals surface area contributed by atoms with Crippen molar-refractivity contribution in [1.29, 1.82) is 0 Å². The van der Waals surface area contributed by atoms with Crippen molar-refractivity contribution in [1.82, 2.24) is 19.2 Å². The minimum absolute atomic E-state index is 0.0564. The van der Waals surface area contributed by atoms with Gasteiger partial charge in [0.15, 0.2) is 0 Å². The lowest BCUT2D eigenvalue weighted by Crippen LogP contribution is -2.41. The summed E-state index contributed by atoms with van der Waals surface area (Å²) in [6.45, 7) is 0.846. The fourth-order valence-electron chi connectivity index (χ4n) is 3.71. The molecular weight excluding hydrogens is 385 g/mol. The summed E-state index contributed by atoms with van der Waals surface area (Å²) >= 11 is 0. The van der Waals surface area contributed by atoms with Crippen LogP contribution in [0.1, 0.15) is 49.5 Å². The maximum Gasteiger partial charge on any atom is 0.451 e. The van der Waals surface area contributed by atoms with E-state index in [2.05, 4.69) is 17.2 Å². The number of aryl methyl sites for hydroxylation is 1. The lowest BCUT2D eigenvalue weighted by Gasteiger charge is -2.31. The number of likely N-dealkylation sites (tertiary alicyclic amines) is 1. The van der Waals surface area contributed by atoms with E-state index in [9.17, 15) is 22.8 Å². The second kappa shape index (κ2) is 8.84. The zero-order chi connectivity index (χ0) is 21.0. The quantitative estimate of drug-likeness (QED) is 0.688. The number of halogens is 3. The van der Waals surface area contributed by atoms with Gasteiger partial charge in [0.25, 0.3) is 0 Å². The van der Waals surface area contributed by atoms with Gasteiger partial charge in [0.1, 0.15) is 0 Å². The molecule has 1 aliphatic heterocycles. The zero-order valence-electron chi connectivity index (χ0n) is 16.4. The lowest BCUT2D eigenvalue weighted by molar-refractivity contribution is -0.147. The van der Waals surface area contributed by atoms with Crippen LogP contribution in [0, 0.1) is 0 Å². The van der Waals surface area contributed by atoms with Gasteiger partial charge >= 0.3 is 11.9 Å². The number of rotatable bonds is 6. The predicted molar refractivity (Wildman–Crippen MR) is 101 cm³/mol. The Morgan fingerprint density at radius 2 is 1.79 bits per heavy atom. The highest BCUT2D eigenvalue weighted by Gasteiger charge is 2.39. The van der Waals surface area contributed by atoms with Crippen molar-refractivity contribution in [2.45, 2.75) is 50.7 Å². The molecule has 29 heavy (non-hydrogen) atoms. The maximum atomic E-state index is 12.9. The summed E-state index contributed by atoms with van der Waals surface area (Å²) in [6.07, 6.45) is -0.721. The van der Waals surface area contributed by atoms with E-state index in [1.807, 2.05) is 18.2 Å². The van der Waals surface area contributed by atoms with Gasteiger partial charge in [-0.1, -0.05) is 30.3 Å². The molecule has 1 aromatic carbocycles. The number of benzene rings is 1. The number of unbranched alkanes of at least 4 members (excludes halogenated alkanes) is 1. The van der Waals surface area contributed by atoms with Crippen LogP contribution in [0.3, 0.4) is 0 Å². The van der Waals surface area contributed by atoms with Gasteiger partial charge in [-0.15, -0.1) is 5.10 Å². The second-order valence-corrected chi connectivity index (χ2v) is 7.41. The number of aromatic nitrogens is 3. The highest BCUT2D eigenvalue weighted by molar-refractivity contribution is 5.76. The highest BCUT2D eigenvalue weighted by atomic mass is 19.4. The van der Waals surface area contributed by atoms with Crippen LogP contribution in [0.4, 0.5) is 13.2 Å². The molecule has 0 bridgehead atoms. The number of hydrogen-bond donors (Lipinski definition) is 0. The minimum Gasteiger partial charge on any atom is -0.343 e. The molecule has 1 saturated heterocycles. The molecule has 0 radical (unpaired) electrons. The molecule has 0 atom stereocenters. The van der Waals surface area contributed by atoms with Crippen LogP contribution in [0.2, 0.25) is 0 Å². The molecule has 0 unspecified atom stereocenters. The largest absolute Gasteiger partial charge is 0.451 e. The molecular formula is C20H25F3N4O2. The summed E-state index contributed by atoms with van der Waals surface area (Å²) in [5, 5.41) is 3.50. The van der Waals surface area contributed by atoms with E-state index in [4.69, 9.17) is 0 Å². The van der Waals surface area contributed by atoms with Crippen molar-refractivity contribution in [3.05, 3.63) is 52.2 Å². The molecule has 9 heteroatoms. The van der Waals surface area contributed by atoms with Crippen molar-refractivity contribution >= 4 is 5.91 Å². The van der Waals surface area contributed by atoms with E-state index < -0.39 is 23.7 Å². The van der Waals surface area contributed by atoms with Gasteiger partial charge in [-0.2, -0.15) is 13.2 Å². The van der Waals surface area contributed by atoms with Gasteiger partial charge in [0.05, 0.1) is 6.04 Å². The number of carbonyl (C=O) groups excluding carboxylic acids is 1. The Morgan fingerprint density at radius 3 is 2.38 bits per heavy atom.